The Morgan fingerprint density at radius 2 is 2.09 bits per heavy atom. The number of likely N-dealkylation sites (N-methyl/N-ethyl adjacent to an activating group) is 1. The summed E-state index contributed by atoms with van der Waals surface area (Å²) in [6.45, 7) is 1.43. The van der Waals surface area contributed by atoms with E-state index in [0.717, 1.165) is 5.56 Å². The van der Waals surface area contributed by atoms with Gasteiger partial charge < -0.3 is 15.6 Å². The number of nitrogens with zero attached hydrogens (tertiary/aromatic N) is 3. The molecule has 0 aliphatic heterocycles. The molecule has 0 spiro atoms. The Bertz CT molecular complexity index is 576. The highest BCUT2D eigenvalue weighted by Gasteiger charge is 2.11. The number of nitrogens with two attached hydrogens (primary N) is 1. The van der Waals surface area contributed by atoms with Gasteiger partial charge in [0.05, 0.1) is 19.6 Å². The molecular formula is C14H20ClN5O2. The average molecular weight is 326 g/mol. The van der Waals surface area contributed by atoms with Crippen molar-refractivity contribution >= 4 is 18.3 Å². The number of carbonyl (C=O) groups excluding carboxylic acids is 1. The highest BCUT2D eigenvalue weighted by atomic mass is 35.5. The largest absolute Gasteiger partial charge is 0.351 e. The van der Waals surface area contributed by atoms with Gasteiger partial charge in [-0.3, -0.25) is 9.69 Å². The SMILES string of the molecule is CN(CC(=O)NCc1ccccc1)Cc1noc(CN)n1.Cl. The van der Waals surface area contributed by atoms with E-state index in [2.05, 4.69) is 15.5 Å². The molecule has 8 heteroatoms. The summed E-state index contributed by atoms with van der Waals surface area (Å²) in [4.78, 5) is 17.7. The van der Waals surface area contributed by atoms with E-state index in [0.29, 0.717) is 24.8 Å². The van der Waals surface area contributed by atoms with Gasteiger partial charge in [0.15, 0.2) is 5.82 Å². The van der Waals surface area contributed by atoms with E-state index in [1.54, 1.807) is 0 Å². The molecule has 1 amide bonds. The van der Waals surface area contributed by atoms with Crippen molar-refractivity contribution in [3.8, 4) is 0 Å². The van der Waals surface area contributed by atoms with Crippen LogP contribution in [0.4, 0.5) is 0 Å². The first-order valence-corrected chi connectivity index (χ1v) is 6.68. The van der Waals surface area contributed by atoms with Crippen molar-refractivity contribution in [2.45, 2.75) is 19.6 Å². The van der Waals surface area contributed by atoms with Crippen molar-refractivity contribution < 1.29 is 9.32 Å². The van der Waals surface area contributed by atoms with Crippen LogP contribution < -0.4 is 11.1 Å². The van der Waals surface area contributed by atoms with Crippen LogP contribution in [0.3, 0.4) is 0 Å². The molecule has 2 aromatic rings. The minimum absolute atomic E-state index is 0. The molecule has 0 bridgehead atoms. The van der Waals surface area contributed by atoms with Crippen LogP contribution in [0.25, 0.3) is 0 Å². The Balaban J connectivity index is 0.00000242. The van der Waals surface area contributed by atoms with E-state index in [1.165, 1.54) is 0 Å². The van der Waals surface area contributed by atoms with Gasteiger partial charge in [0.2, 0.25) is 11.8 Å². The number of amides is 1. The second-order valence-corrected chi connectivity index (χ2v) is 4.74. The van der Waals surface area contributed by atoms with E-state index in [4.69, 9.17) is 10.3 Å². The first-order valence-electron chi connectivity index (χ1n) is 6.68. The van der Waals surface area contributed by atoms with Crippen LogP contribution in [0.15, 0.2) is 34.9 Å². The maximum Gasteiger partial charge on any atom is 0.240 e. The fraction of sp³-hybridized carbons (Fsp3) is 0.357. The molecule has 0 unspecified atom stereocenters. The average Bonchev–Trinajstić information content (AvgIpc) is 2.93. The molecule has 22 heavy (non-hydrogen) atoms. The standard InChI is InChI=1S/C14H19N5O2.ClH/c1-19(9-12-17-14(7-15)21-18-12)10-13(20)16-8-11-5-3-2-4-6-11;/h2-6H,7-10,15H2,1H3,(H,16,20);1H. The summed E-state index contributed by atoms with van der Waals surface area (Å²) in [7, 11) is 1.82. The van der Waals surface area contributed by atoms with E-state index in [-0.39, 0.29) is 31.4 Å². The molecule has 0 atom stereocenters. The highest BCUT2D eigenvalue weighted by molar-refractivity contribution is 5.85. The van der Waals surface area contributed by atoms with E-state index < -0.39 is 0 Å². The maximum atomic E-state index is 11.8. The summed E-state index contributed by atoms with van der Waals surface area (Å²) in [6.07, 6.45) is 0. The molecule has 7 nitrogen and oxygen atoms in total. The molecule has 1 aromatic carbocycles. The number of hydrogen-bond acceptors (Lipinski definition) is 6. The quantitative estimate of drug-likeness (QED) is 0.777. The van der Waals surface area contributed by atoms with Crippen molar-refractivity contribution in [2.75, 3.05) is 13.6 Å². The van der Waals surface area contributed by atoms with E-state index >= 15 is 0 Å². The molecule has 0 aliphatic rings. The zero-order chi connectivity index (χ0) is 15.1. The van der Waals surface area contributed by atoms with Crippen LogP contribution in [-0.4, -0.2) is 34.5 Å². The Morgan fingerprint density at radius 3 is 2.73 bits per heavy atom. The molecule has 120 valence electrons. The second kappa shape index (κ2) is 9.14. The molecule has 3 N–H and O–H groups in total. The minimum atomic E-state index is -0.0519. The summed E-state index contributed by atoms with van der Waals surface area (Å²) < 4.78 is 4.91. The van der Waals surface area contributed by atoms with Gasteiger partial charge in [-0.25, -0.2) is 0 Å². The molecule has 0 saturated heterocycles. The van der Waals surface area contributed by atoms with Gasteiger partial charge in [0, 0.05) is 6.54 Å². The van der Waals surface area contributed by atoms with Crippen molar-refractivity contribution in [1.82, 2.24) is 20.4 Å². The van der Waals surface area contributed by atoms with Gasteiger partial charge in [-0.1, -0.05) is 35.5 Å². The topological polar surface area (TPSA) is 97.3 Å². The predicted molar refractivity (Wildman–Crippen MR) is 84.1 cm³/mol. The molecule has 0 fully saturated rings. The van der Waals surface area contributed by atoms with Gasteiger partial charge >= 0.3 is 0 Å². The van der Waals surface area contributed by atoms with Gasteiger partial charge in [-0.15, -0.1) is 12.4 Å². The van der Waals surface area contributed by atoms with Crippen LogP contribution >= 0.6 is 12.4 Å². The normalized spacial score (nSPS) is 10.3. The van der Waals surface area contributed by atoms with Crippen LogP contribution in [0.2, 0.25) is 0 Å². The van der Waals surface area contributed by atoms with Gasteiger partial charge in [-0.2, -0.15) is 4.98 Å². The van der Waals surface area contributed by atoms with Crippen molar-refractivity contribution in [2.24, 2.45) is 5.73 Å². The lowest BCUT2D eigenvalue weighted by molar-refractivity contribution is -0.122. The highest BCUT2D eigenvalue weighted by Crippen LogP contribution is 2.00. The van der Waals surface area contributed by atoms with Gasteiger partial charge in [0.1, 0.15) is 0 Å². The zero-order valence-electron chi connectivity index (χ0n) is 12.4. The third kappa shape index (κ3) is 5.80. The lowest BCUT2D eigenvalue weighted by atomic mass is 10.2. The summed E-state index contributed by atoms with van der Waals surface area (Å²) in [5.74, 6) is 0.865. The van der Waals surface area contributed by atoms with Crippen molar-refractivity contribution in [1.29, 1.82) is 0 Å². The molecule has 1 aromatic heterocycles. The fourth-order valence-electron chi connectivity index (χ4n) is 1.83. The summed E-state index contributed by atoms with van der Waals surface area (Å²) in [6, 6.07) is 9.77. The predicted octanol–water partition coefficient (Wildman–Crippen LogP) is 0.698. The van der Waals surface area contributed by atoms with E-state index in [1.807, 2.05) is 42.3 Å². The lowest BCUT2D eigenvalue weighted by Crippen LogP contribution is -2.34. The van der Waals surface area contributed by atoms with E-state index in [9.17, 15) is 4.79 Å². The monoisotopic (exact) mass is 325 g/mol. The molecule has 1 heterocycles. The number of benzene rings is 1. The summed E-state index contributed by atoms with van der Waals surface area (Å²) in [5.41, 5.74) is 6.46. The summed E-state index contributed by atoms with van der Waals surface area (Å²) >= 11 is 0. The fourth-order valence-corrected chi connectivity index (χ4v) is 1.83. The maximum absolute atomic E-state index is 11.8. The molecule has 0 saturated carbocycles. The Labute approximate surface area is 135 Å². The smallest absolute Gasteiger partial charge is 0.240 e. The third-order valence-corrected chi connectivity index (χ3v) is 2.84. The number of carbonyl (C=O) groups is 1. The number of nitrogens with one attached hydrogen (secondary N) is 1. The van der Waals surface area contributed by atoms with Crippen LogP contribution in [0.1, 0.15) is 17.3 Å². The first-order chi connectivity index (χ1) is 10.2. The van der Waals surface area contributed by atoms with Crippen LogP contribution in [-0.2, 0) is 24.4 Å². The molecular weight excluding hydrogens is 306 g/mol. The van der Waals surface area contributed by atoms with Crippen LogP contribution in [0.5, 0.6) is 0 Å². The van der Waals surface area contributed by atoms with Crippen molar-refractivity contribution in [3.05, 3.63) is 47.6 Å². The first kappa shape index (κ1) is 18.1. The Morgan fingerprint density at radius 1 is 1.36 bits per heavy atom. The number of halogens is 1. The minimum Gasteiger partial charge on any atom is -0.351 e. The number of aromatic nitrogens is 2. The lowest BCUT2D eigenvalue weighted by Gasteiger charge is -2.14. The zero-order valence-corrected chi connectivity index (χ0v) is 13.2. The van der Waals surface area contributed by atoms with Crippen LogP contribution in [0, 0.1) is 0 Å². The van der Waals surface area contributed by atoms with Gasteiger partial charge in [0.25, 0.3) is 0 Å². The molecule has 2 rings (SSSR count). The van der Waals surface area contributed by atoms with Crippen molar-refractivity contribution in [3.63, 3.8) is 0 Å². The molecule has 0 radical (unpaired) electrons. The number of hydrogen-bond donors (Lipinski definition) is 2. The van der Waals surface area contributed by atoms with Gasteiger partial charge in [-0.05, 0) is 12.6 Å². The third-order valence-electron chi connectivity index (χ3n) is 2.84. The second-order valence-electron chi connectivity index (χ2n) is 4.74. The Kier molecular flexibility index (Phi) is 7.51. The molecule has 0 aliphatic carbocycles. The number of rotatable bonds is 7. The Hall–Kier alpha value is -1.96. The summed E-state index contributed by atoms with van der Waals surface area (Å²) in [5, 5.41) is 6.66.